The third-order valence-corrected chi connectivity index (χ3v) is 4.20. The molecular formula is C20H21ClN4O2. The molecule has 0 fully saturated rings. The molecule has 0 radical (unpaired) electrons. The minimum absolute atomic E-state index is 0.629. The van der Waals surface area contributed by atoms with E-state index in [0.717, 1.165) is 22.7 Å². The number of ether oxygens (including phenoxy) is 2. The zero-order chi connectivity index (χ0) is 19.4. The van der Waals surface area contributed by atoms with Crippen molar-refractivity contribution in [3.8, 4) is 11.5 Å². The summed E-state index contributed by atoms with van der Waals surface area (Å²) in [4.78, 5) is 8.91. The van der Waals surface area contributed by atoms with Crippen LogP contribution in [-0.4, -0.2) is 24.2 Å². The molecule has 2 N–H and O–H groups in total. The topological polar surface area (TPSA) is 68.3 Å². The third-order valence-electron chi connectivity index (χ3n) is 3.97. The predicted octanol–water partition coefficient (Wildman–Crippen LogP) is 5.25. The highest BCUT2D eigenvalue weighted by atomic mass is 35.5. The van der Waals surface area contributed by atoms with Gasteiger partial charge in [-0.15, -0.1) is 0 Å². The summed E-state index contributed by atoms with van der Waals surface area (Å²) in [7, 11) is 3.24. The lowest BCUT2D eigenvalue weighted by molar-refractivity contribution is 0.405. The van der Waals surface area contributed by atoms with Gasteiger partial charge in [-0.3, -0.25) is 0 Å². The smallest absolute Gasteiger partial charge is 0.142 e. The second-order valence-electron chi connectivity index (χ2n) is 5.96. The summed E-state index contributed by atoms with van der Waals surface area (Å²) in [5, 5.41) is 7.23. The molecule has 0 unspecified atom stereocenters. The van der Waals surface area contributed by atoms with E-state index in [9.17, 15) is 0 Å². The van der Waals surface area contributed by atoms with E-state index in [0.29, 0.717) is 28.2 Å². The summed E-state index contributed by atoms with van der Waals surface area (Å²) in [6.07, 6.45) is 0. The largest absolute Gasteiger partial charge is 0.497 e. The summed E-state index contributed by atoms with van der Waals surface area (Å²) in [5.41, 5.74) is 2.71. The molecule has 2 aromatic carbocycles. The lowest BCUT2D eigenvalue weighted by Crippen LogP contribution is -2.03. The Bertz CT molecular complexity index is 963. The fourth-order valence-corrected chi connectivity index (χ4v) is 2.78. The van der Waals surface area contributed by atoms with Crippen LogP contribution in [0.3, 0.4) is 0 Å². The molecule has 0 amide bonds. The van der Waals surface area contributed by atoms with Crippen molar-refractivity contribution in [3.05, 3.63) is 58.9 Å². The Hall–Kier alpha value is -2.99. The fourth-order valence-electron chi connectivity index (χ4n) is 2.61. The molecule has 0 aliphatic carbocycles. The van der Waals surface area contributed by atoms with E-state index in [1.54, 1.807) is 14.2 Å². The van der Waals surface area contributed by atoms with Crippen molar-refractivity contribution in [1.82, 2.24) is 9.97 Å². The first-order chi connectivity index (χ1) is 13.0. The first-order valence-electron chi connectivity index (χ1n) is 8.36. The van der Waals surface area contributed by atoms with Gasteiger partial charge < -0.3 is 20.1 Å². The van der Waals surface area contributed by atoms with Gasteiger partial charge in [0.25, 0.3) is 0 Å². The molecule has 3 rings (SSSR count). The van der Waals surface area contributed by atoms with Crippen LogP contribution in [0.15, 0.2) is 42.5 Å². The zero-order valence-corrected chi connectivity index (χ0v) is 16.4. The molecule has 1 heterocycles. The van der Waals surface area contributed by atoms with Crippen LogP contribution in [0.5, 0.6) is 11.5 Å². The average Bonchev–Trinajstić information content (AvgIpc) is 2.64. The molecular weight excluding hydrogens is 364 g/mol. The van der Waals surface area contributed by atoms with E-state index in [2.05, 4.69) is 20.6 Å². The Balaban J connectivity index is 1.91. The fraction of sp³-hybridized carbons (Fsp3) is 0.200. The number of aromatic nitrogens is 2. The summed E-state index contributed by atoms with van der Waals surface area (Å²) in [6, 6.07) is 13.0. The van der Waals surface area contributed by atoms with Crippen LogP contribution >= 0.6 is 11.6 Å². The Kier molecular flexibility index (Phi) is 5.66. The standard InChI is InChI=1S/C20H21ClN4O2/c1-12-5-6-14(21)9-16(12)24-19-11-20(23-13(2)22-19)25-17-10-15(26-3)7-8-18(17)27-4/h5-11H,1-4H3,(H2,22,23,24,25). The number of halogens is 1. The van der Waals surface area contributed by atoms with Crippen molar-refractivity contribution in [3.63, 3.8) is 0 Å². The first kappa shape index (κ1) is 18.8. The van der Waals surface area contributed by atoms with Gasteiger partial charge in [0, 0.05) is 22.8 Å². The van der Waals surface area contributed by atoms with Gasteiger partial charge in [0.1, 0.15) is 29.0 Å². The maximum Gasteiger partial charge on any atom is 0.142 e. The number of hydrogen-bond acceptors (Lipinski definition) is 6. The van der Waals surface area contributed by atoms with Crippen molar-refractivity contribution in [2.45, 2.75) is 13.8 Å². The Morgan fingerprint density at radius 2 is 1.52 bits per heavy atom. The highest BCUT2D eigenvalue weighted by Crippen LogP contribution is 2.32. The van der Waals surface area contributed by atoms with Crippen molar-refractivity contribution in [2.75, 3.05) is 24.9 Å². The van der Waals surface area contributed by atoms with Gasteiger partial charge in [0.05, 0.1) is 19.9 Å². The molecule has 0 bridgehead atoms. The van der Waals surface area contributed by atoms with Gasteiger partial charge in [-0.2, -0.15) is 0 Å². The minimum Gasteiger partial charge on any atom is -0.497 e. The van der Waals surface area contributed by atoms with Gasteiger partial charge in [0.15, 0.2) is 0 Å². The van der Waals surface area contributed by atoms with E-state index in [1.165, 1.54) is 0 Å². The lowest BCUT2D eigenvalue weighted by Gasteiger charge is -2.14. The van der Waals surface area contributed by atoms with Crippen LogP contribution in [0.25, 0.3) is 0 Å². The zero-order valence-electron chi connectivity index (χ0n) is 15.6. The summed E-state index contributed by atoms with van der Waals surface area (Å²) < 4.78 is 10.7. The first-order valence-corrected chi connectivity index (χ1v) is 8.74. The van der Waals surface area contributed by atoms with Crippen LogP contribution in [-0.2, 0) is 0 Å². The van der Waals surface area contributed by atoms with Gasteiger partial charge >= 0.3 is 0 Å². The molecule has 0 atom stereocenters. The third kappa shape index (κ3) is 4.60. The predicted molar refractivity (Wildman–Crippen MR) is 109 cm³/mol. The van der Waals surface area contributed by atoms with Crippen LogP contribution in [0.4, 0.5) is 23.0 Å². The number of anilines is 4. The highest BCUT2D eigenvalue weighted by molar-refractivity contribution is 6.30. The average molecular weight is 385 g/mol. The van der Waals surface area contributed by atoms with Crippen LogP contribution in [0.2, 0.25) is 5.02 Å². The quantitative estimate of drug-likeness (QED) is 0.604. The van der Waals surface area contributed by atoms with Gasteiger partial charge in [-0.25, -0.2) is 9.97 Å². The van der Waals surface area contributed by atoms with E-state index in [-0.39, 0.29) is 0 Å². The number of nitrogens with zero attached hydrogens (tertiary/aromatic N) is 2. The number of methoxy groups -OCH3 is 2. The van der Waals surface area contributed by atoms with Crippen molar-refractivity contribution in [2.24, 2.45) is 0 Å². The summed E-state index contributed by atoms with van der Waals surface area (Å²) in [5.74, 6) is 3.33. The Morgan fingerprint density at radius 1 is 0.815 bits per heavy atom. The molecule has 1 aromatic heterocycles. The van der Waals surface area contributed by atoms with Gasteiger partial charge in [0.2, 0.25) is 0 Å². The van der Waals surface area contributed by atoms with Crippen molar-refractivity contribution >= 4 is 34.6 Å². The van der Waals surface area contributed by atoms with Crippen LogP contribution < -0.4 is 20.1 Å². The molecule has 0 aliphatic heterocycles. The SMILES string of the molecule is COc1ccc(OC)c(Nc2cc(Nc3cc(Cl)ccc3C)nc(C)n2)c1. The van der Waals surface area contributed by atoms with Gasteiger partial charge in [-0.1, -0.05) is 17.7 Å². The maximum atomic E-state index is 6.10. The number of benzene rings is 2. The summed E-state index contributed by atoms with van der Waals surface area (Å²) >= 11 is 6.10. The van der Waals surface area contributed by atoms with E-state index in [1.807, 2.05) is 56.3 Å². The van der Waals surface area contributed by atoms with Crippen LogP contribution in [0, 0.1) is 13.8 Å². The molecule has 0 saturated heterocycles. The number of rotatable bonds is 6. The van der Waals surface area contributed by atoms with E-state index >= 15 is 0 Å². The second kappa shape index (κ2) is 8.14. The molecule has 140 valence electrons. The molecule has 0 saturated carbocycles. The molecule has 6 nitrogen and oxygen atoms in total. The van der Waals surface area contributed by atoms with Crippen LogP contribution in [0.1, 0.15) is 11.4 Å². The second-order valence-corrected chi connectivity index (χ2v) is 6.40. The molecule has 3 aromatic rings. The molecule has 7 heteroatoms. The Labute approximate surface area is 163 Å². The maximum absolute atomic E-state index is 6.10. The van der Waals surface area contributed by atoms with Gasteiger partial charge in [-0.05, 0) is 43.7 Å². The number of hydrogen-bond donors (Lipinski definition) is 2. The Morgan fingerprint density at radius 3 is 2.19 bits per heavy atom. The normalized spacial score (nSPS) is 10.4. The lowest BCUT2D eigenvalue weighted by atomic mass is 10.2. The number of aryl methyl sites for hydroxylation is 2. The molecule has 27 heavy (non-hydrogen) atoms. The van der Waals surface area contributed by atoms with Crippen molar-refractivity contribution < 1.29 is 9.47 Å². The molecule has 0 aliphatic rings. The molecule has 0 spiro atoms. The monoisotopic (exact) mass is 384 g/mol. The van der Waals surface area contributed by atoms with E-state index in [4.69, 9.17) is 21.1 Å². The number of nitrogens with one attached hydrogen (secondary N) is 2. The van der Waals surface area contributed by atoms with E-state index < -0.39 is 0 Å². The van der Waals surface area contributed by atoms with Crippen molar-refractivity contribution in [1.29, 1.82) is 0 Å². The highest BCUT2D eigenvalue weighted by Gasteiger charge is 2.09. The summed E-state index contributed by atoms with van der Waals surface area (Å²) in [6.45, 7) is 3.84. The minimum atomic E-state index is 0.629.